The minimum Gasteiger partial charge on any atom is -0.444 e. The summed E-state index contributed by atoms with van der Waals surface area (Å²) in [5.41, 5.74) is 2.92. The van der Waals surface area contributed by atoms with Crippen LogP contribution in [0.25, 0.3) is 11.1 Å². The average Bonchev–Trinajstić information content (AvgIpc) is 2.58. The van der Waals surface area contributed by atoms with Crippen LogP contribution >= 0.6 is 12.2 Å². The third-order valence-corrected chi connectivity index (χ3v) is 5.04. The summed E-state index contributed by atoms with van der Waals surface area (Å²) in [7, 11) is 3.65. The van der Waals surface area contributed by atoms with Crippen molar-refractivity contribution in [2.45, 2.75) is 39.3 Å². The number of hydrogen-bond acceptors (Lipinski definition) is 4. The molecule has 27 heavy (non-hydrogen) atoms. The van der Waals surface area contributed by atoms with Gasteiger partial charge in [0.05, 0.1) is 6.54 Å². The lowest BCUT2D eigenvalue weighted by atomic mass is 9.93. The second-order valence-corrected chi connectivity index (χ2v) is 8.35. The zero-order chi connectivity index (χ0) is 19.9. The van der Waals surface area contributed by atoms with Crippen LogP contribution in [0.15, 0.2) is 29.3 Å². The maximum atomic E-state index is 12.6. The molecule has 0 bridgehead atoms. The second-order valence-electron chi connectivity index (χ2n) is 7.93. The minimum atomic E-state index is -0.557. The zero-order valence-corrected chi connectivity index (χ0v) is 17.2. The number of aryl methyl sites for hydroxylation is 2. The number of carbonyl (C=O) groups excluding carboxylic acids is 1. The molecule has 0 aromatic carbocycles. The number of aromatic nitrogens is 2. The molecule has 144 valence electrons. The van der Waals surface area contributed by atoms with Crippen molar-refractivity contribution in [3.63, 3.8) is 0 Å². The Labute approximate surface area is 164 Å². The maximum Gasteiger partial charge on any atom is 0.410 e. The van der Waals surface area contributed by atoms with Gasteiger partial charge in [0.2, 0.25) is 0 Å². The molecule has 1 aliphatic heterocycles. The summed E-state index contributed by atoms with van der Waals surface area (Å²) in [4.78, 5) is 26.8. The summed E-state index contributed by atoms with van der Waals surface area (Å²) >= 11 is 5.39. The molecular weight excluding hydrogens is 362 g/mol. The lowest BCUT2D eigenvalue weighted by Crippen LogP contribution is -2.42. The van der Waals surface area contributed by atoms with Gasteiger partial charge < -0.3 is 18.8 Å². The number of ether oxygens (including phenoxy) is 1. The molecule has 3 heterocycles. The van der Waals surface area contributed by atoms with Gasteiger partial charge in [-0.25, -0.2) is 4.79 Å². The normalized spacial score (nSPS) is 14.0. The van der Waals surface area contributed by atoms with Crippen molar-refractivity contribution in [3.05, 3.63) is 50.6 Å². The Hall–Kier alpha value is -2.41. The van der Waals surface area contributed by atoms with Crippen LogP contribution in [0.1, 0.15) is 31.9 Å². The van der Waals surface area contributed by atoms with Crippen LogP contribution in [0.2, 0.25) is 0 Å². The first-order valence-electron chi connectivity index (χ1n) is 8.93. The number of rotatable bonds is 1. The number of fused-ring (bicyclic) bond motifs is 1. The molecule has 0 unspecified atom stereocenters. The molecule has 7 heteroatoms. The highest BCUT2D eigenvalue weighted by Crippen LogP contribution is 2.29. The number of pyridine rings is 2. The molecule has 0 radical (unpaired) electrons. The summed E-state index contributed by atoms with van der Waals surface area (Å²) in [5.74, 6) is 0. The Bertz CT molecular complexity index is 1010. The lowest BCUT2D eigenvalue weighted by molar-refractivity contribution is 0.0224. The molecule has 1 aliphatic rings. The lowest BCUT2D eigenvalue weighted by Gasteiger charge is -2.32. The first kappa shape index (κ1) is 19.4. The van der Waals surface area contributed by atoms with E-state index in [1.54, 1.807) is 16.5 Å². The molecule has 0 fully saturated rings. The highest BCUT2D eigenvalue weighted by atomic mass is 32.1. The van der Waals surface area contributed by atoms with Crippen molar-refractivity contribution in [2.24, 2.45) is 14.1 Å². The smallest absolute Gasteiger partial charge is 0.410 e. The molecule has 0 saturated heterocycles. The monoisotopic (exact) mass is 387 g/mol. The molecule has 0 atom stereocenters. The van der Waals surface area contributed by atoms with E-state index in [0.29, 0.717) is 24.2 Å². The van der Waals surface area contributed by atoms with E-state index in [2.05, 4.69) is 0 Å². The average molecular weight is 388 g/mol. The Balaban J connectivity index is 2.07. The predicted octanol–water partition coefficient (Wildman–Crippen LogP) is 3.41. The molecular formula is C20H25N3O3S. The fourth-order valence-electron chi connectivity index (χ4n) is 3.24. The zero-order valence-electron chi connectivity index (χ0n) is 16.4. The SMILES string of the molecule is Cn1ccc(-c2cn(C)c(=O)c3c2CN(C(=O)OC(C)(C)C)CC3)cc1=S. The summed E-state index contributed by atoms with van der Waals surface area (Å²) < 4.78 is 9.68. The van der Waals surface area contributed by atoms with Gasteiger partial charge in [0.1, 0.15) is 10.2 Å². The quantitative estimate of drug-likeness (QED) is 0.704. The van der Waals surface area contributed by atoms with Gasteiger partial charge in [-0.15, -0.1) is 0 Å². The van der Waals surface area contributed by atoms with Crippen LogP contribution in [0.5, 0.6) is 0 Å². The van der Waals surface area contributed by atoms with Crippen LogP contribution in [0.3, 0.4) is 0 Å². The molecule has 1 amide bonds. The van der Waals surface area contributed by atoms with Gasteiger partial charge in [0, 0.05) is 44.2 Å². The topological polar surface area (TPSA) is 56.5 Å². The number of nitrogens with zero attached hydrogens (tertiary/aromatic N) is 3. The first-order valence-corrected chi connectivity index (χ1v) is 9.34. The van der Waals surface area contributed by atoms with E-state index in [-0.39, 0.29) is 11.7 Å². The standard InChI is InChI=1S/C20H25N3O3S/c1-20(2,3)26-19(25)23-9-7-14-16(12-23)15(11-22(5)18(14)24)13-6-8-21(4)17(27)10-13/h6,8,10-11H,7,9,12H2,1-5H3. The second kappa shape index (κ2) is 6.96. The van der Waals surface area contributed by atoms with E-state index < -0.39 is 5.60 Å². The van der Waals surface area contributed by atoms with E-state index in [9.17, 15) is 9.59 Å². The Kier molecular flexibility index (Phi) is 4.99. The van der Waals surface area contributed by atoms with E-state index in [0.717, 1.165) is 22.3 Å². The Morgan fingerprint density at radius 1 is 1.19 bits per heavy atom. The van der Waals surface area contributed by atoms with E-state index in [4.69, 9.17) is 17.0 Å². The number of amides is 1. The summed E-state index contributed by atoms with van der Waals surface area (Å²) in [6, 6.07) is 3.89. The van der Waals surface area contributed by atoms with Crippen LogP contribution in [-0.4, -0.2) is 32.3 Å². The third-order valence-electron chi connectivity index (χ3n) is 4.64. The van der Waals surface area contributed by atoms with Crippen LogP contribution < -0.4 is 5.56 Å². The predicted molar refractivity (Wildman–Crippen MR) is 107 cm³/mol. The van der Waals surface area contributed by atoms with Gasteiger partial charge >= 0.3 is 6.09 Å². The third kappa shape index (κ3) is 3.98. The fourth-order valence-corrected chi connectivity index (χ4v) is 3.42. The van der Waals surface area contributed by atoms with Crippen molar-refractivity contribution in [1.82, 2.24) is 14.0 Å². The molecule has 3 rings (SSSR count). The van der Waals surface area contributed by atoms with Gasteiger partial charge in [-0.2, -0.15) is 0 Å². The molecule has 2 aromatic rings. The molecule has 0 saturated carbocycles. The fraction of sp³-hybridized carbons (Fsp3) is 0.450. The summed E-state index contributed by atoms with van der Waals surface area (Å²) in [6.07, 6.45) is 3.88. The minimum absolute atomic E-state index is 0.0160. The summed E-state index contributed by atoms with van der Waals surface area (Å²) in [6.45, 7) is 6.36. The Morgan fingerprint density at radius 3 is 2.52 bits per heavy atom. The molecule has 6 nitrogen and oxygen atoms in total. The van der Waals surface area contributed by atoms with Gasteiger partial charge in [-0.05, 0) is 50.5 Å². The van der Waals surface area contributed by atoms with Crippen molar-refractivity contribution < 1.29 is 9.53 Å². The highest BCUT2D eigenvalue weighted by Gasteiger charge is 2.29. The van der Waals surface area contributed by atoms with Crippen molar-refractivity contribution in [2.75, 3.05) is 6.54 Å². The first-order chi connectivity index (χ1) is 12.6. The van der Waals surface area contributed by atoms with Crippen molar-refractivity contribution in [3.8, 4) is 11.1 Å². The maximum absolute atomic E-state index is 12.6. The van der Waals surface area contributed by atoms with Crippen molar-refractivity contribution >= 4 is 18.3 Å². The van der Waals surface area contributed by atoms with Gasteiger partial charge in [-0.1, -0.05) is 12.2 Å². The van der Waals surface area contributed by atoms with Gasteiger partial charge in [-0.3, -0.25) is 4.79 Å². The van der Waals surface area contributed by atoms with Crippen LogP contribution in [0.4, 0.5) is 4.79 Å². The molecule has 0 spiro atoms. The molecule has 0 aliphatic carbocycles. The highest BCUT2D eigenvalue weighted by molar-refractivity contribution is 7.71. The van der Waals surface area contributed by atoms with E-state index in [1.807, 2.05) is 56.9 Å². The van der Waals surface area contributed by atoms with Gasteiger partial charge in [0.15, 0.2) is 0 Å². The molecule has 0 N–H and O–H groups in total. The van der Waals surface area contributed by atoms with Crippen molar-refractivity contribution in [1.29, 1.82) is 0 Å². The molecule has 2 aromatic heterocycles. The number of hydrogen-bond donors (Lipinski definition) is 0. The van der Waals surface area contributed by atoms with Crippen LogP contribution in [0, 0.1) is 4.64 Å². The van der Waals surface area contributed by atoms with Gasteiger partial charge in [0.25, 0.3) is 5.56 Å². The van der Waals surface area contributed by atoms with Crippen LogP contribution in [-0.2, 0) is 31.8 Å². The number of carbonyl (C=O) groups is 1. The van der Waals surface area contributed by atoms with E-state index >= 15 is 0 Å². The Morgan fingerprint density at radius 2 is 1.89 bits per heavy atom. The summed E-state index contributed by atoms with van der Waals surface area (Å²) in [5, 5.41) is 0. The largest absolute Gasteiger partial charge is 0.444 e. The van der Waals surface area contributed by atoms with E-state index in [1.165, 1.54) is 0 Å².